The molecule has 21 heavy (non-hydrogen) atoms. The van der Waals surface area contributed by atoms with Gasteiger partial charge in [0.25, 0.3) is 0 Å². The Hall–Kier alpha value is -2.30. The van der Waals surface area contributed by atoms with Gasteiger partial charge in [0.2, 0.25) is 0 Å². The van der Waals surface area contributed by atoms with E-state index in [1.807, 2.05) is 35.7 Å². The summed E-state index contributed by atoms with van der Waals surface area (Å²) >= 11 is 1.65. The van der Waals surface area contributed by atoms with E-state index in [1.54, 1.807) is 23.7 Å². The number of aliphatic hydroxyl groups is 1. The maximum Gasteiger partial charge on any atom is 0.108 e. The molecule has 4 heteroatoms. The van der Waals surface area contributed by atoms with E-state index in [2.05, 4.69) is 22.1 Å². The van der Waals surface area contributed by atoms with E-state index in [0.717, 1.165) is 32.2 Å². The van der Waals surface area contributed by atoms with Crippen LogP contribution in [-0.4, -0.2) is 15.1 Å². The summed E-state index contributed by atoms with van der Waals surface area (Å²) in [6.07, 6.45) is 2.62. The highest BCUT2D eigenvalue weighted by Crippen LogP contribution is 2.34. The second-order valence-corrected chi connectivity index (χ2v) is 5.78. The van der Waals surface area contributed by atoms with Crippen LogP contribution in [0.5, 0.6) is 0 Å². The zero-order valence-electron chi connectivity index (χ0n) is 11.1. The Balaban J connectivity index is 1.94. The van der Waals surface area contributed by atoms with E-state index in [0.29, 0.717) is 0 Å². The highest BCUT2D eigenvalue weighted by Gasteiger charge is 2.17. The van der Waals surface area contributed by atoms with Gasteiger partial charge >= 0.3 is 0 Å². The summed E-state index contributed by atoms with van der Waals surface area (Å²) in [5, 5.41) is 14.0. The van der Waals surface area contributed by atoms with E-state index in [9.17, 15) is 5.11 Å². The molecule has 3 nitrogen and oxygen atoms in total. The third-order valence-corrected chi connectivity index (χ3v) is 4.61. The molecule has 0 spiro atoms. The Kier molecular flexibility index (Phi) is 2.91. The number of aromatic nitrogens is 2. The van der Waals surface area contributed by atoms with Gasteiger partial charge in [0.05, 0.1) is 11.0 Å². The number of rotatable bonds is 2. The van der Waals surface area contributed by atoms with Crippen molar-refractivity contribution < 1.29 is 5.11 Å². The van der Waals surface area contributed by atoms with Crippen molar-refractivity contribution in [3.8, 4) is 0 Å². The molecule has 0 aliphatic carbocycles. The molecule has 0 saturated carbocycles. The maximum absolute atomic E-state index is 10.8. The van der Waals surface area contributed by atoms with Crippen LogP contribution in [0, 0.1) is 0 Å². The SMILES string of the molecule is OC(c1cccc2nccnc12)c1cccc2ccsc12. The lowest BCUT2D eigenvalue weighted by Gasteiger charge is -2.14. The number of hydrogen-bond acceptors (Lipinski definition) is 4. The number of fused-ring (bicyclic) bond motifs is 2. The van der Waals surface area contributed by atoms with Crippen molar-refractivity contribution in [1.82, 2.24) is 9.97 Å². The topological polar surface area (TPSA) is 46.0 Å². The van der Waals surface area contributed by atoms with E-state index in [1.165, 1.54) is 0 Å². The first-order valence-corrected chi connectivity index (χ1v) is 7.56. The van der Waals surface area contributed by atoms with Crippen molar-refractivity contribution in [1.29, 1.82) is 0 Å². The van der Waals surface area contributed by atoms with Crippen LogP contribution < -0.4 is 0 Å². The van der Waals surface area contributed by atoms with Crippen molar-refractivity contribution >= 4 is 32.5 Å². The van der Waals surface area contributed by atoms with Crippen molar-refractivity contribution in [3.05, 3.63) is 71.4 Å². The van der Waals surface area contributed by atoms with Crippen LogP contribution in [0.25, 0.3) is 21.1 Å². The smallest absolute Gasteiger partial charge is 0.108 e. The molecule has 2 aromatic carbocycles. The standard InChI is InChI=1S/C17H12N2OS/c20-16(13-5-1-3-11-7-10-21-17(11)13)12-4-2-6-14-15(12)19-9-8-18-14/h1-10,16,20H. The predicted octanol–water partition coefficient (Wildman–Crippen LogP) is 3.93. The largest absolute Gasteiger partial charge is 0.384 e. The first-order chi connectivity index (χ1) is 10.3. The van der Waals surface area contributed by atoms with Gasteiger partial charge in [-0.2, -0.15) is 0 Å². The number of thiophene rings is 1. The van der Waals surface area contributed by atoms with Gasteiger partial charge in [-0.3, -0.25) is 9.97 Å². The number of para-hydroxylation sites is 1. The summed E-state index contributed by atoms with van der Waals surface area (Å²) in [7, 11) is 0. The molecule has 4 aromatic rings. The average molecular weight is 292 g/mol. The molecule has 0 radical (unpaired) electrons. The van der Waals surface area contributed by atoms with Gasteiger partial charge in [0.15, 0.2) is 0 Å². The van der Waals surface area contributed by atoms with Crippen LogP contribution >= 0.6 is 11.3 Å². The molecule has 2 heterocycles. The lowest BCUT2D eigenvalue weighted by atomic mass is 9.99. The third kappa shape index (κ3) is 2.00. The molecular formula is C17H12N2OS. The molecular weight excluding hydrogens is 280 g/mol. The molecule has 0 saturated heterocycles. The quantitative estimate of drug-likeness (QED) is 0.609. The Labute approximate surface area is 125 Å². The summed E-state index contributed by atoms with van der Waals surface area (Å²) in [4.78, 5) is 8.68. The molecule has 102 valence electrons. The second kappa shape index (κ2) is 4.91. The summed E-state index contributed by atoms with van der Waals surface area (Å²) in [5.41, 5.74) is 3.26. The molecule has 2 aromatic heterocycles. The second-order valence-electron chi connectivity index (χ2n) is 4.86. The maximum atomic E-state index is 10.8. The van der Waals surface area contributed by atoms with Crippen molar-refractivity contribution in [2.75, 3.05) is 0 Å². The zero-order chi connectivity index (χ0) is 14.2. The Bertz CT molecular complexity index is 927. The van der Waals surface area contributed by atoms with E-state index >= 15 is 0 Å². The van der Waals surface area contributed by atoms with Gasteiger partial charge in [-0.25, -0.2) is 0 Å². The summed E-state index contributed by atoms with van der Waals surface area (Å²) < 4.78 is 1.12. The minimum absolute atomic E-state index is 0.701. The summed E-state index contributed by atoms with van der Waals surface area (Å²) in [5.74, 6) is 0. The summed E-state index contributed by atoms with van der Waals surface area (Å²) in [6.45, 7) is 0. The first kappa shape index (κ1) is 12.4. The lowest BCUT2D eigenvalue weighted by molar-refractivity contribution is 0.223. The fourth-order valence-corrected chi connectivity index (χ4v) is 3.57. The number of aliphatic hydroxyl groups excluding tert-OH is 1. The molecule has 0 aliphatic rings. The van der Waals surface area contributed by atoms with Crippen molar-refractivity contribution in [3.63, 3.8) is 0 Å². The number of hydrogen-bond donors (Lipinski definition) is 1. The molecule has 0 amide bonds. The minimum atomic E-state index is -0.701. The normalized spacial score (nSPS) is 12.8. The van der Waals surface area contributed by atoms with Crippen LogP contribution in [0.2, 0.25) is 0 Å². The highest BCUT2D eigenvalue weighted by molar-refractivity contribution is 7.17. The average Bonchev–Trinajstić information content (AvgIpc) is 3.02. The van der Waals surface area contributed by atoms with Gasteiger partial charge in [-0.05, 0) is 22.9 Å². The Morgan fingerprint density at radius 2 is 1.71 bits per heavy atom. The fourth-order valence-electron chi connectivity index (χ4n) is 2.63. The van der Waals surface area contributed by atoms with E-state index < -0.39 is 6.10 Å². The molecule has 1 atom stereocenters. The van der Waals surface area contributed by atoms with Crippen LogP contribution in [0.15, 0.2) is 60.2 Å². The molecule has 0 aliphatic heterocycles. The lowest BCUT2D eigenvalue weighted by Crippen LogP contribution is -2.02. The van der Waals surface area contributed by atoms with Crippen LogP contribution in [-0.2, 0) is 0 Å². The van der Waals surface area contributed by atoms with Crippen molar-refractivity contribution in [2.24, 2.45) is 0 Å². The van der Waals surface area contributed by atoms with Gasteiger partial charge < -0.3 is 5.11 Å². The van der Waals surface area contributed by atoms with Gasteiger partial charge in [0, 0.05) is 28.2 Å². The predicted molar refractivity (Wildman–Crippen MR) is 85.4 cm³/mol. The number of nitrogens with zero attached hydrogens (tertiary/aromatic N) is 2. The molecule has 0 fully saturated rings. The fraction of sp³-hybridized carbons (Fsp3) is 0.0588. The van der Waals surface area contributed by atoms with E-state index in [4.69, 9.17) is 0 Å². The molecule has 1 N–H and O–H groups in total. The highest BCUT2D eigenvalue weighted by atomic mass is 32.1. The monoisotopic (exact) mass is 292 g/mol. The Morgan fingerprint density at radius 3 is 2.67 bits per heavy atom. The minimum Gasteiger partial charge on any atom is -0.384 e. The van der Waals surface area contributed by atoms with Crippen LogP contribution in [0.4, 0.5) is 0 Å². The van der Waals surface area contributed by atoms with Gasteiger partial charge in [0.1, 0.15) is 6.10 Å². The van der Waals surface area contributed by atoms with Crippen molar-refractivity contribution in [2.45, 2.75) is 6.10 Å². The molecule has 0 bridgehead atoms. The Morgan fingerprint density at radius 1 is 0.905 bits per heavy atom. The molecule has 4 rings (SSSR count). The third-order valence-electron chi connectivity index (χ3n) is 3.63. The van der Waals surface area contributed by atoms with Gasteiger partial charge in [-0.1, -0.05) is 30.3 Å². The first-order valence-electron chi connectivity index (χ1n) is 6.68. The zero-order valence-corrected chi connectivity index (χ0v) is 11.9. The van der Waals surface area contributed by atoms with Crippen LogP contribution in [0.3, 0.4) is 0 Å². The number of benzene rings is 2. The van der Waals surface area contributed by atoms with Gasteiger partial charge in [-0.15, -0.1) is 11.3 Å². The molecule has 1 unspecified atom stereocenters. The summed E-state index contributed by atoms with van der Waals surface area (Å²) in [6, 6.07) is 13.8. The van der Waals surface area contributed by atoms with E-state index in [-0.39, 0.29) is 0 Å². The van der Waals surface area contributed by atoms with Crippen LogP contribution in [0.1, 0.15) is 17.2 Å².